The first kappa shape index (κ1) is 27.2. The Labute approximate surface area is 246 Å². The molecule has 0 bridgehead atoms. The van der Waals surface area contributed by atoms with Crippen LogP contribution in [-0.4, -0.2) is 31.4 Å². The van der Waals surface area contributed by atoms with Crippen molar-refractivity contribution in [3.63, 3.8) is 0 Å². The molecule has 0 saturated carbocycles. The minimum atomic E-state index is -0.815. The number of ether oxygens (including phenoxy) is 3. The highest BCUT2D eigenvalue weighted by Crippen LogP contribution is 2.38. The molecule has 7 nitrogen and oxygen atoms in total. The van der Waals surface area contributed by atoms with Crippen LogP contribution in [0.4, 0.5) is 0 Å². The van der Waals surface area contributed by atoms with Crippen LogP contribution in [0, 0.1) is 0 Å². The van der Waals surface area contributed by atoms with Gasteiger partial charge < -0.3 is 14.2 Å². The van der Waals surface area contributed by atoms with E-state index < -0.39 is 12.0 Å². The third-order valence-electron chi connectivity index (χ3n) is 7.21. The van der Waals surface area contributed by atoms with Crippen LogP contribution in [0.2, 0.25) is 0 Å². The van der Waals surface area contributed by atoms with Gasteiger partial charge in [0.1, 0.15) is 0 Å². The largest absolute Gasteiger partial charge is 0.493 e. The molecule has 4 aromatic carbocycles. The zero-order chi connectivity index (χ0) is 29.2. The van der Waals surface area contributed by atoms with Crippen molar-refractivity contribution in [2.45, 2.75) is 13.0 Å². The molecule has 2 heterocycles. The number of aromatic nitrogens is 1. The lowest BCUT2D eigenvalue weighted by Crippen LogP contribution is -2.40. The van der Waals surface area contributed by atoms with Crippen molar-refractivity contribution < 1.29 is 19.0 Å². The first-order chi connectivity index (χ1) is 20.5. The third-order valence-corrected chi connectivity index (χ3v) is 8.19. The van der Waals surface area contributed by atoms with Crippen LogP contribution in [0.15, 0.2) is 106 Å². The first-order valence-corrected chi connectivity index (χ1v) is 14.3. The molecule has 0 saturated heterocycles. The van der Waals surface area contributed by atoms with Gasteiger partial charge in [-0.2, -0.15) is 0 Å². The molecule has 42 heavy (non-hydrogen) atoms. The molecule has 1 aliphatic heterocycles. The monoisotopic (exact) mass is 576 g/mol. The second kappa shape index (κ2) is 11.5. The van der Waals surface area contributed by atoms with Gasteiger partial charge in [0, 0.05) is 5.56 Å². The van der Waals surface area contributed by atoms with E-state index in [-0.39, 0.29) is 17.7 Å². The van der Waals surface area contributed by atoms with Crippen LogP contribution in [0.1, 0.15) is 29.7 Å². The number of fused-ring (bicyclic) bond motifs is 2. The van der Waals surface area contributed by atoms with E-state index in [0.29, 0.717) is 32.1 Å². The number of benzene rings is 4. The topological polar surface area (TPSA) is 79.1 Å². The smallest absolute Gasteiger partial charge is 0.338 e. The number of hydrogen-bond acceptors (Lipinski definition) is 7. The van der Waals surface area contributed by atoms with Gasteiger partial charge >= 0.3 is 5.97 Å². The molecule has 0 N–H and O–H groups in total. The molecule has 1 aliphatic rings. The van der Waals surface area contributed by atoms with E-state index in [1.165, 1.54) is 11.3 Å². The molecule has 0 fully saturated rings. The lowest BCUT2D eigenvalue weighted by atomic mass is 9.93. The molecule has 6 rings (SSSR count). The normalized spacial score (nSPS) is 14.8. The fourth-order valence-corrected chi connectivity index (χ4v) is 6.29. The Morgan fingerprint density at radius 3 is 2.43 bits per heavy atom. The summed E-state index contributed by atoms with van der Waals surface area (Å²) >= 11 is 1.29. The summed E-state index contributed by atoms with van der Waals surface area (Å²) in [6, 6.07) is 28.1. The lowest BCUT2D eigenvalue weighted by Gasteiger charge is -2.26. The molecule has 0 spiro atoms. The summed E-state index contributed by atoms with van der Waals surface area (Å²) < 4.78 is 18.7. The third kappa shape index (κ3) is 4.80. The van der Waals surface area contributed by atoms with E-state index in [9.17, 15) is 9.59 Å². The number of thiazole rings is 1. The number of esters is 1. The van der Waals surface area contributed by atoms with Crippen molar-refractivity contribution in [1.82, 2.24) is 4.57 Å². The van der Waals surface area contributed by atoms with Crippen molar-refractivity contribution in [3.8, 4) is 11.5 Å². The van der Waals surface area contributed by atoms with E-state index in [1.54, 1.807) is 37.8 Å². The van der Waals surface area contributed by atoms with Crippen molar-refractivity contribution in [2.24, 2.45) is 4.99 Å². The Hall–Kier alpha value is -4.95. The van der Waals surface area contributed by atoms with Gasteiger partial charge in [-0.25, -0.2) is 9.79 Å². The molecule has 0 radical (unpaired) electrons. The quantitative estimate of drug-likeness (QED) is 0.252. The van der Waals surface area contributed by atoms with Crippen LogP contribution < -0.4 is 24.4 Å². The summed E-state index contributed by atoms with van der Waals surface area (Å²) in [5.74, 6) is 0.479. The van der Waals surface area contributed by atoms with Crippen LogP contribution in [0.3, 0.4) is 0 Å². The van der Waals surface area contributed by atoms with Gasteiger partial charge in [0.25, 0.3) is 5.56 Å². The molecular weight excluding hydrogens is 548 g/mol. The van der Waals surface area contributed by atoms with E-state index in [2.05, 4.69) is 0 Å². The van der Waals surface area contributed by atoms with Crippen molar-refractivity contribution >= 4 is 39.9 Å². The molecule has 1 atom stereocenters. The fourth-order valence-electron chi connectivity index (χ4n) is 5.30. The summed E-state index contributed by atoms with van der Waals surface area (Å²) in [6.07, 6.45) is 1.90. The van der Waals surface area contributed by atoms with Gasteiger partial charge in [-0.1, -0.05) is 90.2 Å². The molecule has 0 aliphatic carbocycles. The van der Waals surface area contributed by atoms with Crippen LogP contribution in [-0.2, 0) is 9.53 Å². The Balaban J connectivity index is 1.67. The highest BCUT2D eigenvalue weighted by atomic mass is 32.1. The Kier molecular flexibility index (Phi) is 7.46. The molecular formula is C34H28N2O5S. The Morgan fingerprint density at radius 2 is 1.67 bits per heavy atom. The summed E-state index contributed by atoms with van der Waals surface area (Å²) in [5, 5.41) is 2.12. The standard InChI is InChI=1S/C34H28N2O5S/c1-4-41-33(38)29-30(22-12-6-5-7-13-22)35-34-36(31(29)24-17-18-26(39-2)27(19-24)40-3)32(37)28(42-34)20-23-15-10-14-21-11-8-9-16-25(21)23/h5-20,31H,4H2,1-3H3/b28-20-/t31-/m0/s1. The number of nitrogens with zero attached hydrogens (tertiary/aromatic N) is 2. The van der Waals surface area contributed by atoms with Crippen molar-refractivity contribution in [1.29, 1.82) is 0 Å². The summed E-state index contributed by atoms with van der Waals surface area (Å²) in [4.78, 5) is 33.3. The Bertz CT molecular complexity index is 2020. The summed E-state index contributed by atoms with van der Waals surface area (Å²) in [7, 11) is 3.11. The second-order valence-corrected chi connectivity index (χ2v) is 10.6. The van der Waals surface area contributed by atoms with Crippen LogP contribution in [0.25, 0.3) is 22.5 Å². The van der Waals surface area contributed by atoms with E-state index in [4.69, 9.17) is 19.2 Å². The molecule has 5 aromatic rings. The van der Waals surface area contributed by atoms with Gasteiger partial charge in [-0.15, -0.1) is 0 Å². The SMILES string of the molecule is CCOC(=O)C1=C(c2ccccc2)N=c2s/c(=C\c3cccc4ccccc34)c(=O)n2[C@H]1c1ccc(OC)c(OC)c1. The maximum Gasteiger partial charge on any atom is 0.338 e. The molecule has 0 amide bonds. The minimum absolute atomic E-state index is 0.175. The Morgan fingerprint density at radius 1 is 0.929 bits per heavy atom. The average molecular weight is 577 g/mol. The zero-order valence-electron chi connectivity index (χ0n) is 23.4. The van der Waals surface area contributed by atoms with Gasteiger partial charge in [0.15, 0.2) is 16.3 Å². The van der Waals surface area contributed by atoms with E-state index in [1.807, 2.05) is 84.9 Å². The van der Waals surface area contributed by atoms with E-state index >= 15 is 0 Å². The fraction of sp³-hybridized carbons (Fsp3) is 0.147. The van der Waals surface area contributed by atoms with Crippen molar-refractivity contribution in [3.05, 3.63) is 133 Å². The van der Waals surface area contributed by atoms with Gasteiger partial charge in [0.05, 0.1) is 42.7 Å². The van der Waals surface area contributed by atoms with Crippen LogP contribution >= 0.6 is 11.3 Å². The maximum absolute atomic E-state index is 14.2. The predicted octanol–water partition coefficient (Wildman–Crippen LogP) is 5.11. The molecule has 1 aromatic heterocycles. The number of carbonyl (C=O) groups excluding carboxylic acids is 1. The van der Waals surface area contributed by atoms with Gasteiger partial charge in [-0.05, 0) is 47.0 Å². The summed E-state index contributed by atoms with van der Waals surface area (Å²) in [6.45, 7) is 1.93. The van der Waals surface area contributed by atoms with Crippen molar-refractivity contribution in [2.75, 3.05) is 20.8 Å². The van der Waals surface area contributed by atoms with E-state index in [0.717, 1.165) is 21.9 Å². The first-order valence-electron chi connectivity index (χ1n) is 13.5. The molecule has 210 valence electrons. The molecule has 0 unspecified atom stereocenters. The number of methoxy groups -OCH3 is 2. The molecule has 8 heteroatoms. The summed E-state index contributed by atoms with van der Waals surface area (Å²) in [5.41, 5.74) is 2.83. The number of hydrogen-bond donors (Lipinski definition) is 0. The highest BCUT2D eigenvalue weighted by molar-refractivity contribution is 7.07. The van der Waals surface area contributed by atoms with Crippen LogP contribution in [0.5, 0.6) is 11.5 Å². The average Bonchev–Trinajstić information content (AvgIpc) is 3.34. The zero-order valence-corrected chi connectivity index (χ0v) is 24.2. The number of carbonyl (C=O) groups is 1. The van der Waals surface area contributed by atoms with Gasteiger partial charge in [0.2, 0.25) is 0 Å². The highest BCUT2D eigenvalue weighted by Gasteiger charge is 2.35. The number of rotatable bonds is 7. The predicted molar refractivity (Wildman–Crippen MR) is 165 cm³/mol. The lowest BCUT2D eigenvalue weighted by molar-refractivity contribution is -0.138. The van der Waals surface area contributed by atoms with Gasteiger partial charge in [-0.3, -0.25) is 9.36 Å². The maximum atomic E-state index is 14.2. The minimum Gasteiger partial charge on any atom is -0.493 e. The second-order valence-electron chi connectivity index (χ2n) is 9.61.